The number of ether oxygens (including phenoxy) is 1. The minimum Gasteiger partial charge on any atom is -0.459 e. The smallest absolute Gasteiger partial charge is 0.451 e. The Bertz CT molecular complexity index is 501. The second-order valence-electron chi connectivity index (χ2n) is 4.83. The third-order valence-corrected chi connectivity index (χ3v) is 2.62. The first kappa shape index (κ1) is 16.5. The molecule has 0 amide bonds. The van der Waals surface area contributed by atoms with Crippen LogP contribution in [0, 0.1) is 0 Å². The van der Waals surface area contributed by atoms with Gasteiger partial charge in [-0.2, -0.15) is 13.2 Å². The minimum atomic E-state index is -4.68. The molecule has 2 N–H and O–H groups in total. The zero-order valence-electron chi connectivity index (χ0n) is 11.1. The van der Waals surface area contributed by atoms with Gasteiger partial charge in [0, 0.05) is 6.07 Å². The number of alkyl halides is 3. The lowest BCUT2D eigenvalue weighted by atomic mass is 10.2. The van der Waals surface area contributed by atoms with Gasteiger partial charge in [-0.25, -0.2) is 9.97 Å². The number of carbonyl (C=O) groups excluding carboxylic acids is 1. The van der Waals surface area contributed by atoms with Gasteiger partial charge in [0.25, 0.3) is 0 Å². The molecule has 0 aromatic carbocycles. The van der Waals surface area contributed by atoms with E-state index in [1.54, 1.807) is 20.8 Å². The number of rotatable bonds is 3. The Kier molecular flexibility index (Phi) is 4.85. The molecule has 1 aromatic heterocycles. The number of hydrogen-bond donors (Lipinski definition) is 1. The summed E-state index contributed by atoms with van der Waals surface area (Å²) in [5.74, 6) is -2.35. The zero-order valence-corrected chi connectivity index (χ0v) is 11.9. The fraction of sp³-hybridized carbons (Fsp3) is 0.545. The SMILES string of the molecule is CC(C)(C)OC(=O)CSc1cc(N)nc(C(F)(F)F)n1. The summed E-state index contributed by atoms with van der Waals surface area (Å²) in [6, 6.07) is 1.17. The molecule has 1 heterocycles. The number of thioether (sulfide) groups is 1. The molecule has 0 fully saturated rings. The monoisotopic (exact) mass is 309 g/mol. The van der Waals surface area contributed by atoms with Crippen molar-refractivity contribution in [2.24, 2.45) is 0 Å². The van der Waals surface area contributed by atoms with E-state index in [0.29, 0.717) is 0 Å². The van der Waals surface area contributed by atoms with Crippen LogP contribution in [0.4, 0.5) is 19.0 Å². The van der Waals surface area contributed by atoms with Crippen molar-refractivity contribution in [3.05, 3.63) is 11.9 Å². The van der Waals surface area contributed by atoms with E-state index in [-0.39, 0.29) is 16.6 Å². The maximum absolute atomic E-state index is 12.5. The van der Waals surface area contributed by atoms with E-state index in [1.165, 1.54) is 6.07 Å². The molecule has 0 bridgehead atoms. The molecule has 1 rings (SSSR count). The number of hydrogen-bond acceptors (Lipinski definition) is 6. The van der Waals surface area contributed by atoms with Crippen molar-refractivity contribution in [1.82, 2.24) is 9.97 Å². The summed E-state index contributed by atoms with van der Waals surface area (Å²) in [6.07, 6.45) is -4.68. The normalized spacial score (nSPS) is 12.3. The Balaban J connectivity index is 2.74. The highest BCUT2D eigenvalue weighted by atomic mass is 32.2. The first-order valence-electron chi connectivity index (χ1n) is 5.54. The first-order valence-corrected chi connectivity index (χ1v) is 6.52. The molecule has 0 atom stereocenters. The van der Waals surface area contributed by atoms with Crippen LogP contribution in [0.15, 0.2) is 11.1 Å². The molecule has 0 aliphatic carbocycles. The van der Waals surface area contributed by atoms with Gasteiger partial charge in [0.05, 0.1) is 5.75 Å². The summed E-state index contributed by atoms with van der Waals surface area (Å²) >= 11 is 0.808. The number of nitrogens with two attached hydrogens (primary N) is 1. The average molecular weight is 309 g/mol. The summed E-state index contributed by atoms with van der Waals surface area (Å²) in [6.45, 7) is 5.08. The van der Waals surface area contributed by atoms with Gasteiger partial charge < -0.3 is 10.5 Å². The highest BCUT2D eigenvalue weighted by molar-refractivity contribution is 7.99. The number of aromatic nitrogens is 2. The van der Waals surface area contributed by atoms with Crippen molar-refractivity contribution < 1.29 is 22.7 Å². The molecule has 9 heteroatoms. The van der Waals surface area contributed by atoms with E-state index in [0.717, 1.165) is 11.8 Å². The summed E-state index contributed by atoms with van der Waals surface area (Å²) in [5, 5.41) is -0.0318. The van der Waals surface area contributed by atoms with Crippen LogP contribution < -0.4 is 5.73 Å². The van der Waals surface area contributed by atoms with E-state index >= 15 is 0 Å². The van der Waals surface area contributed by atoms with E-state index in [1.807, 2.05) is 0 Å². The third-order valence-electron chi connectivity index (χ3n) is 1.73. The predicted molar refractivity (Wildman–Crippen MR) is 68.0 cm³/mol. The van der Waals surface area contributed by atoms with Crippen molar-refractivity contribution in [3.63, 3.8) is 0 Å². The number of anilines is 1. The Labute approximate surface area is 118 Å². The zero-order chi connectivity index (χ0) is 15.6. The van der Waals surface area contributed by atoms with Crippen molar-refractivity contribution in [2.75, 3.05) is 11.5 Å². The molecule has 0 aliphatic rings. The van der Waals surface area contributed by atoms with Crippen LogP contribution in [0.1, 0.15) is 26.6 Å². The minimum absolute atomic E-state index is 0.0318. The van der Waals surface area contributed by atoms with E-state index in [4.69, 9.17) is 10.5 Å². The average Bonchev–Trinajstić information content (AvgIpc) is 2.22. The molecular weight excluding hydrogens is 295 g/mol. The van der Waals surface area contributed by atoms with Crippen LogP contribution in [-0.4, -0.2) is 27.3 Å². The van der Waals surface area contributed by atoms with Gasteiger partial charge in [0.15, 0.2) is 0 Å². The number of nitrogen functional groups attached to an aromatic ring is 1. The second-order valence-corrected chi connectivity index (χ2v) is 5.82. The standard InChI is InChI=1S/C11H14F3N3O2S/c1-10(2,3)19-8(18)5-20-7-4-6(15)16-9(17-7)11(12,13)14/h4H,5H2,1-3H3,(H2,15,16,17). The van der Waals surface area contributed by atoms with Crippen LogP contribution in [-0.2, 0) is 15.7 Å². The van der Waals surface area contributed by atoms with Crippen LogP contribution >= 0.6 is 11.8 Å². The molecule has 0 radical (unpaired) electrons. The summed E-state index contributed by atoms with van der Waals surface area (Å²) in [7, 11) is 0. The highest BCUT2D eigenvalue weighted by Crippen LogP contribution is 2.29. The largest absolute Gasteiger partial charge is 0.459 e. The number of carbonyl (C=O) groups is 1. The molecule has 0 spiro atoms. The molecule has 0 aliphatic heterocycles. The lowest BCUT2D eigenvalue weighted by molar-refractivity contribution is -0.151. The molecule has 5 nitrogen and oxygen atoms in total. The lowest BCUT2D eigenvalue weighted by Crippen LogP contribution is -2.25. The van der Waals surface area contributed by atoms with Crippen molar-refractivity contribution in [2.45, 2.75) is 37.6 Å². The van der Waals surface area contributed by atoms with E-state index in [9.17, 15) is 18.0 Å². The molecule has 112 valence electrons. The van der Waals surface area contributed by atoms with Gasteiger partial charge in [-0.05, 0) is 20.8 Å². The van der Waals surface area contributed by atoms with Gasteiger partial charge in [-0.1, -0.05) is 11.8 Å². The summed E-state index contributed by atoms with van der Waals surface area (Å²) in [4.78, 5) is 17.9. The van der Waals surface area contributed by atoms with E-state index < -0.39 is 23.6 Å². The Morgan fingerprint density at radius 3 is 2.45 bits per heavy atom. The van der Waals surface area contributed by atoms with Gasteiger partial charge >= 0.3 is 12.1 Å². The van der Waals surface area contributed by atoms with Gasteiger partial charge in [-0.3, -0.25) is 4.79 Å². The number of esters is 1. The summed E-state index contributed by atoms with van der Waals surface area (Å²) in [5.41, 5.74) is 4.63. The molecular formula is C11H14F3N3O2S. The number of halogens is 3. The van der Waals surface area contributed by atoms with Crippen LogP contribution in [0.3, 0.4) is 0 Å². The van der Waals surface area contributed by atoms with Crippen LogP contribution in [0.2, 0.25) is 0 Å². The maximum atomic E-state index is 12.5. The molecule has 1 aromatic rings. The Morgan fingerprint density at radius 2 is 1.95 bits per heavy atom. The van der Waals surface area contributed by atoms with Crippen molar-refractivity contribution in [1.29, 1.82) is 0 Å². The highest BCUT2D eigenvalue weighted by Gasteiger charge is 2.35. The molecule has 0 saturated heterocycles. The van der Waals surface area contributed by atoms with Crippen molar-refractivity contribution in [3.8, 4) is 0 Å². The van der Waals surface area contributed by atoms with Crippen LogP contribution in [0.5, 0.6) is 0 Å². The Hall–Kier alpha value is -1.51. The quantitative estimate of drug-likeness (QED) is 0.525. The van der Waals surface area contributed by atoms with Crippen molar-refractivity contribution >= 4 is 23.5 Å². The van der Waals surface area contributed by atoms with E-state index in [2.05, 4.69) is 9.97 Å². The van der Waals surface area contributed by atoms with Gasteiger partial charge in [0.1, 0.15) is 16.4 Å². The predicted octanol–water partition coefficient (Wildman–Crippen LogP) is 2.51. The van der Waals surface area contributed by atoms with Gasteiger partial charge in [-0.15, -0.1) is 0 Å². The third kappa shape index (κ3) is 5.64. The fourth-order valence-electron chi connectivity index (χ4n) is 1.15. The topological polar surface area (TPSA) is 78.1 Å². The molecule has 20 heavy (non-hydrogen) atoms. The number of nitrogens with zero attached hydrogens (tertiary/aromatic N) is 2. The fourth-order valence-corrected chi connectivity index (χ4v) is 1.83. The molecule has 0 unspecified atom stereocenters. The first-order chi connectivity index (χ1) is 8.97. The maximum Gasteiger partial charge on any atom is 0.451 e. The molecule has 0 saturated carbocycles. The lowest BCUT2D eigenvalue weighted by Gasteiger charge is -2.19. The summed E-state index contributed by atoms with van der Waals surface area (Å²) < 4.78 is 42.5. The Morgan fingerprint density at radius 1 is 1.35 bits per heavy atom. The second kappa shape index (κ2) is 5.86. The van der Waals surface area contributed by atoms with Crippen LogP contribution in [0.25, 0.3) is 0 Å². The van der Waals surface area contributed by atoms with Gasteiger partial charge in [0.2, 0.25) is 5.82 Å².